The highest BCUT2D eigenvalue weighted by molar-refractivity contribution is 8.00. The Kier molecular flexibility index (Phi) is 4.09. The van der Waals surface area contributed by atoms with Gasteiger partial charge in [-0.1, -0.05) is 6.92 Å². The van der Waals surface area contributed by atoms with Crippen molar-refractivity contribution < 1.29 is 18.3 Å². The van der Waals surface area contributed by atoms with Gasteiger partial charge in [0.1, 0.15) is 5.75 Å². The lowest BCUT2D eigenvalue weighted by Gasteiger charge is -2.13. The molecule has 1 atom stereocenters. The molecule has 0 radical (unpaired) electrons. The van der Waals surface area contributed by atoms with Gasteiger partial charge in [-0.05, 0) is 36.4 Å². The van der Waals surface area contributed by atoms with Crippen molar-refractivity contribution in [2.45, 2.75) is 29.8 Å². The molecule has 90 valence electrons. The second-order valence-corrected chi connectivity index (χ2v) is 4.42. The molecule has 6 heteroatoms. The number of phenols is 1. The molecule has 2 nitrogen and oxygen atoms in total. The van der Waals surface area contributed by atoms with Gasteiger partial charge in [-0.25, -0.2) is 0 Å². The van der Waals surface area contributed by atoms with Gasteiger partial charge in [0.15, 0.2) is 0 Å². The van der Waals surface area contributed by atoms with Crippen LogP contribution in [0.1, 0.15) is 24.9 Å². The normalized spacial score (nSPS) is 13.8. The Balaban J connectivity index is 2.98. The van der Waals surface area contributed by atoms with E-state index < -0.39 is 11.6 Å². The molecular weight excluding hydrogens is 239 g/mol. The number of hydrogen-bond donors (Lipinski definition) is 2. The number of thioether (sulfide) groups is 1. The van der Waals surface area contributed by atoms with Crippen LogP contribution < -0.4 is 5.73 Å². The van der Waals surface area contributed by atoms with Crippen LogP contribution in [0.15, 0.2) is 23.1 Å². The molecule has 0 amide bonds. The van der Waals surface area contributed by atoms with E-state index in [4.69, 9.17) is 5.73 Å². The zero-order chi connectivity index (χ0) is 12.3. The molecule has 0 aliphatic rings. The lowest BCUT2D eigenvalue weighted by Crippen LogP contribution is -2.09. The maximum absolute atomic E-state index is 12.1. The molecule has 0 saturated heterocycles. The zero-order valence-corrected chi connectivity index (χ0v) is 9.40. The van der Waals surface area contributed by atoms with Gasteiger partial charge >= 0.3 is 5.51 Å². The van der Waals surface area contributed by atoms with Gasteiger partial charge in [-0.2, -0.15) is 13.2 Å². The molecule has 0 unspecified atom stereocenters. The number of phenolic OH excluding ortho intramolecular Hbond substituents is 1. The van der Waals surface area contributed by atoms with E-state index in [1.54, 1.807) is 6.92 Å². The van der Waals surface area contributed by atoms with E-state index in [-0.39, 0.29) is 22.4 Å². The predicted octanol–water partition coefficient (Wildman–Crippen LogP) is 3.41. The minimum absolute atomic E-state index is 0.0317. The minimum atomic E-state index is -4.33. The number of nitrogens with two attached hydrogens (primary N) is 1. The molecule has 3 N–H and O–H groups in total. The van der Waals surface area contributed by atoms with Crippen LogP contribution in [-0.4, -0.2) is 10.6 Å². The highest BCUT2D eigenvalue weighted by atomic mass is 32.2. The summed E-state index contributed by atoms with van der Waals surface area (Å²) >= 11 is -0.215. The molecular formula is C10H12F3NOS. The molecule has 0 heterocycles. The SMILES string of the molecule is CC[C@H](N)c1cc(SC(F)(F)F)ccc1O. The lowest BCUT2D eigenvalue weighted by atomic mass is 10.0. The molecule has 1 aromatic rings. The Morgan fingerprint density at radius 3 is 2.56 bits per heavy atom. The fourth-order valence-corrected chi connectivity index (χ4v) is 1.84. The Hall–Kier alpha value is -0.880. The topological polar surface area (TPSA) is 46.2 Å². The monoisotopic (exact) mass is 251 g/mol. The van der Waals surface area contributed by atoms with Gasteiger partial charge in [0.25, 0.3) is 0 Å². The minimum Gasteiger partial charge on any atom is -0.508 e. The fourth-order valence-electron chi connectivity index (χ4n) is 1.25. The highest BCUT2D eigenvalue weighted by Crippen LogP contribution is 2.39. The van der Waals surface area contributed by atoms with Crippen LogP contribution in [-0.2, 0) is 0 Å². The van der Waals surface area contributed by atoms with Crippen molar-refractivity contribution in [2.75, 3.05) is 0 Å². The van der Waals surface area contributed by atoms with Crippen LogP contribution in [0.25, 0.3) is 0 Å². The Bertz CT molecular complexity index is 368. The Labute approximate surface area is 95.6 Å². The summed E-state index contributed by atoms with van der Waals surface area (Å²) in [6.07, 6.45) is 0.549. The standard InChI is InChI=1S/C10H12F3NOS/c1-2-8(14)7-5-6(3-4-9(7)15)16-10(11,12)13/h3-5,8,15H,2,14H2,1H3/t8-/m0/s1. The third-order valence-corrected chi connectivity index (χ3v) is 2.79. The van der Waals surface area contributed by atoms with E-state index in [9.17, 15) is 18.3 Å². The number of hydrogen-bond acceptors (Lipinski definition) is 3. The number of rotatable bonds is 3. The first-order chi connectivity index (χ1) is 7.33. The largest absolute Gasteiger partial charge is 0.508 e. The second kappa shape index (κ2) is 4.97. The third-order valence-electron chi connectivity index (χ3n) is 2.07. The van der Waals surface area contributed by atoms with E-state index in [0.29, 0.717) is 12.0 Å². The van der Waals surface area contributed by atoms with Crippen molar-refractivity contribution in [3.63, 3.8) is 0 Å². The predicted molar refractivity (Wildman–Crippen MR) is 57.2 cm³/mol. The summed E-state index contributed by atoms with van der Waals surface area (Å²) in [5.74, 6) is -0.0686. The first-order valence-corrected chi connectivity index (χ1v) is 5.49. The summed E-state index contributed by atoms with van der Waals surface area (Å²) in [6.45, 7) is 1.80. The average molecular weight is 251 g/mol. The zero-order valence-electron chi connectivity index (χ0n) is 8.58. The average Bonchev–Trinajstić information content (AvgIpc) is 2.18. The number of alkyl halides is 3. The van der Waals surface area contributed by atoms with Crippen molar-refractivity contribution in [1.82, 2.24) is 0 Å². The van der Waals surface area contributed by atoms with Crippen LogP contribution in [0.5, 0.6) is 5.75 Å². The van der Waals surface area contributed by atoms with Crippen LogP contribution >= 0.6 is 11.8 Å². The van der Waals surface area contributed by atoms with E-state index in [0.717, 1.165) is 0 Å². The quantitative estimate of drug-likeness (QED) is 0.809. The van der Waals surface area contributed by atoms with Gasteiger partial charge in [-0.3, -0.25) is 0 Å². The number of benzene rings is 1. The summed E-state index contributed by atoms with van der Waals surface area (Å²) in [6, 6.07) is 3.29. The van der Waals surface area contributed by atoms with Crippen molar-refractivity contribution in [3.05, 3.63) is 23.8 Å². The summed E-state index contributed by atoms with van der Waals surface area (Å²) in [7, 11) is 0. The molecule has 0 aliphatic heterocycles. The van der Waals surface area contributed by atoms with Crippen molar-refractivity contribution >= 4 is 11.8 Å². The van der Waals surface area contributed by atoms with Crippen LogP contribution in [0.2, 0.25) is 0 Å². The van der Waals surface area contributed by atoms with Gasteiger partial charge in [-0.15, -0.1) is 0 Å². The summed E-state index contributed by atoms with van der Waals surface area (Å²) in [5, 5.41) is 9.46. The van der Waals surface area contributed by atoms with E-state index in [1.807, 2.05) is 0 Å². The Morgan fingerprint density at radius 1 is 1.44 bits per heavy atom. The maximum atomic E-state index is 12.1. The van der Waals surface area contributed by atoms with Crippen LogP contribution in [0.4, 0.5) is 13.2 Å². The van der Waals surface area contributed by atoms with E-state index in [2.05, 4.69) is 0 Å². The molecule has 0 spiro atoms. The second-order valence-electron chi connectivity index (χ2n) is 3.28. The van der Waals surface area contributed by atoms with Crippen LogP contribution in [0.3, 0.4) is 0 Å². The molecule has 0 saturated carbocycles. The maximum Gasteiger partial charge on any atom is 0.446 e. The van der Waals surface area contributed by atoms with Gasteiger partial charge < -0.3 is 10.8 Å². The summed E-state index contributed by atoms with van der Waals surface area (Å²) in [4.78, 5) is 0.0317. The fraction of sp³-hybridized carbons (Fsp3) is 0.400. The molecule has 0 fully saturated rings. The van der Waals surface area contributed by atoms with Gasteiger partial charge in [0.2, 0.25) is 0 Å². The van der Waals surface area contributed by atoms with Crippen molar-refractivity contribution in [2.24, 2.45) is 5.73 Å². The molecule has 1 aromatic carbocycles. The summed E-state index contributed by atoms with van der Waals surface area (Å²) < 4.78 is 36.4. The smallest absolute Gasteiger partial charge is 0.446 e. The Morgan fingerprint density at radius 2 is 2.06 bits per heavy atom. The van der Waals surface area contributed by atoms with Gasteiger partial charge in [0.05, 0.1) is 0 Å². The van der Waals surface area contributed by atoms with Crippen molar-refractivity contribution in [3.8, 4) is 5.75 Å². The third kappa shape index (κ3) is 3.61. The lowest BCUT2D eigenvalue weighted by molar-refractivity contribution is -0.0328. The first kappa shape index (κ1) is 13.2. The summed E-state index contributed by atoms with van der Waals surface area (Å²) in [5.41, 5.74) is 1.69. The number of halogens is 3. The highest BCUT2D eigenvalue weighted by Gasteiger charge is 2.29. The molecule has 0 aromatic heterocycles. The van der Waals surface area contributed by atoms with Crippen molar-refractivity contribution in [1.29, 1.82) is 0 Å². The molecule has 1 rings (SSSR count). The van der Waals surface area contributed by atoms with Gasteiger partial charge in [0, 0.05) is 16.5 Å². The van der Waals surface area contributed by atoms with Crippen LogP contribution in [0, 0.1) is 0 Å². The molecule has 16 heavy (non-hydrogen) atoms. The molecule has 0 aliphatic carbocycles. The first-order valence-electron chi connectivity index (χ1n) is 4.67. The molecule has 0 bridgehead atoms. The number of aromatic hydroxyl groups is 1. The van der Waals surface area contributed by atoms with E-state index >= 15 is 0 Å². The van der Waals surface area contributed by atoms with E-state index in [1.165, 1.54) is 18.2 Å².